The van der Waals surface area contributed by atoms with E-state index in [9.17, 15) is 0 Å². The molecule has 0 fully saturated rings. The second-order valence-corrected chi connectivity index (χ2v) is 3.56. The average Bonchev–Trinajstić information content (AvgIpc) is 2.20. The van der Waals surface area contributed by atoms with Crippen LogP contribution in [0.25, 0.3) is 0 Å². The van der Waals surface area contributed by atoms with Gasteiger partial charge < -0.3 is 10.1 Å². The Morgan fingerprint density at radius 3 is 2.87 bits per heavy atom. The van der Waals surface area contributed by atoms with Crippen LogP contribution in [-0.2, 0) is 0 Å². The summed E-state index contributed by atoms with van der Waals surface area (Å²) in [6.45, 7) is 2.81. The molecular formula is C11H15N2OS. The minimum absolute atomic E-state index is 0.00143. The number of benzene rings is 1. The Kier molecular flexibility index (Phi) is 4.90. The van der Waals surface area contributed by atoms with Crippen LogP contribution in [0.1, 0.15) is 19.8 Å². The smallest absolute Gasteiger partial charge is 0.189 e. The van der Waals surface area contributed by atoms with Crippen LogP contribution in [0.4, 0.5) is 5.69 Å². The fraction of sp³-hybridized carbons (Fsp3) is 0.364. The summed E-state index contributed by atoms with van der Waals surface area (Å²) in [5.41, 5.74) is 7.95. The molecule has 0 saturated heterocycles. The third-order valence-corrected chi connectivity index (χ3v) is 1.99. The number of rotatable bonds is 5. The largest absolute Gasteiger partial charge is 0.491 e. The van der Waals surface area contributed by atoms with Gasteiger partial charge in [-0.3, -0.25) is 5.73 Å². The van der Waals surface area contributed by atoms with Crippen LogP contribution in [-0.4, -0.2) is 11.7 Å². The molecule has 3 nitrogen and oxygen atoms in total. The number of hydrogen-bond acceptors (Lipinski definition) is 2. The number of hydrogen-bond donors (Lipinski definition) is 1. The van der Waals surface area contributed by atoms with Crippen molar-refractivity contribution in [2.24, 2.45) is 0 Å². The number of ether oxygens (including phenoxy) is 1. The van der Waals surface area contributed by atoms with E-state index in [4.69, 9.17) is 10.5 Å². The fourth-order valence-corrected chi connectivity index (χ4v) is 1.25. The van der Waals surface area contributed by atoms with Crippen LogP contribution >= 0.6 is 12.2 Å². The standard InChI is InChI=1S/C11H15N2OS/c1-2-3-8-14-10-7-5-4-6-9(10)13-11(12)15/h4-7,12H,2-3,8H2,1H3,(H,13,15). The lowest BCUT2D eigenvalue weighted by atomic mass is 10.3. The lowest BCUT2D eigenvalue weighted by molar-refractivity contribution is 0.311. The van der Waals surface area contributed by atoms with Gasteiger partial charge in [0.15, 0.2) is 5.11 Å². The highest BCUT2D eigenvalue weighted by Crippen LogP contribution is 2.23. The Labute approximate surface area is 95.6 Å². The van der Waals surface area contributed by atoms with E-state index in [0.717, 1.165) is 24.3 Å². The zero-order valence-electron chi connectivity index (χ0n) is 8.75. The zero-order chi connectivity index (χ0) is 11.1. The summed E-state index contributed by atoms with van der Waals surface area (Å²) in [7, 11) is 0. The maximum absolute atomic E-state index is 7.19. The monoisotopic (exact) mass is 223 g/mol. The van der Waals surface area contributed by atoms with Crippen molar-refractivity contribution in [2.45, 2.75) is 19.8 Å². The molecule has 1 radical (unpaired) electrons. The van der Waals surface area contributed by atoms with E-state index >= 15 is 0 Å². The second-order valence-electron chi connectivity index (χ2n) is 3.15. The van der Waals surface area contributed by atoms with Crippen molar-refractivity contribution in [3.63, 3.8) is 0 Å². The van der Waals surface area contributed by atoms with Crippen molar-refractivity contribution >= 4 is 23.0 Å². The number of nitrogens with one attached hydrogen (secondary N) is 2. The maximum Gasteiger partial charge on any atom is 0.189 e. The van der Waals surface area contributed by atoms with Gasteiger partial charge in [-0.25, -0.2) is 0 Å². The van der Waals surface area contributed by atoms with Crippen LogP contribution in [0.15, 0.2) is 24.3 Å². The topological polar surface area (TPSA) is 45.1 Å². The van der Waals surface area contributed by atoms with E-state index in [0.29, 0.717) is 6.61 Å². The Bertz CT molecular complexity index is 328. The van der Waals surface area contributed by atoms with E-state index < -0.39 is 0 Å². The molecule has 15 heavy (non-hydrogen) atoms. The van der Waals surface area contributed by atoms with Crippen LogP contribution in [0.5, 0.6) is 5.75 Å². The van der Waals surface area contributed by atoms with Gasteiger partial charge in [0.2, 0.25) is 0 Å². The van der Waals surface area contributed by atoms with E-state index in [1.54, 1.807) is 0 Å². The Hall–Kier alpha value is -1.29. The Morgan fingerprint density at radius 1 is 1.47 bits per heavy atom. The molecule has 0 aliphatic carbocycles. The highest BCUT2D eigenvalue weighted by molar-refractivity contribution is 7.80. The lowest BCUT2D eigenvalue weighted by Gasteiger charge is -2.11. The molecule has 1 aromatic carbocycles. The molecule has 0 bridgehead atoms. The molecule has 1 rings (SSSR count). The van der Waals surface area contributed by atoms with Crippen molar-refractivity contribution in [3.05, 3.63) is 24.3 Å². The molecule has 2 N–H and O–H groups in total. The van der Waals surface area contributed by atoms with E-state index in [1.807, 2.05) is 24.3 Å². The van der Waals surface area contributed by atoms with Crippen molar-refractivity contribution in [1.29, 1.82) is 0 Å². The average molecular weight is 223 g/mol. The molecular weight excluding hydrogens is 208 g/mol. The molecule has 0 saturated carbocycles. The molecule has 0 aromatic heterocycles. The number of para-hydroxylation sites is 2. The van der Waals surface area contributed by atoms with Crippen molar-refractivity contribution in [2.75, 3.05) is 11.9 Å². The van der Waals surface area contributed by atoms with Gasteiger partial charge in [-0.1, -0.05) is 25.5 Å². The molecule has 1 aromatic rings. The van der Waals surface area contributed by atoms with Crippen molar-refractivity contribution < 1.29 is 4.74 Å². The Morgan fingerprint density at radius 2 is 2.20 bits per heavy atom. The first kappa shape index (κ1) is 11.8. The van der Waals surface area contributed by atoms with Crippen LogP contribution < -0.4 is 15.8 Å². The molecule has 0 heterocycles. The zero-order valence-corrected chi connectivity index (χ0v) is 9.56. The minimum atomic E-state index is 0.00143. The summed E-state index contributed by atoms with van der Waals surface area (Å²) in [6, 6.07) is 7.51. The molecule has 0 unspecified atom stereocenters. The highest BCUT2D eigenvalue weighted by atomic mass is 32.1. The van der Waals surface area contributed by atoms with Gasteiger partial charge in [-0.15, -0.1) is 0 Å². The third kappa shape index (κ3) is 4.16. The molecule has 0 amide bonds. The van der Waals surface area contributed by atoms with Gasteiger partial charge >= 0.3 is 0 Å². The van der Waals surface area contributed by atoms with Gasteiger partial charge in [-0.2, -0.15) is 0 Å². The number of anilines is 1. The third-order valence-electron chi connectivity index (χ3n) is 1.89. The summed E-state index contributed by atoms with van der Waals surface area (Å²) >= 11 is 4.67. The molecule has 4 heteroatoms. The maximum atomic E-state index is 7.19. The van der Waals surface area contributed by atoms with Crippen molar-refractivity contribution in [1.82, 2.24) is 5.73 Å². The van der Waals surface area contributed by atoms with Crippen LogP contribution in [0.2, 0.25) is 0 Å². The van der Waals surface area contributed by atoms with Gasteiger partial charge in [0.05, 0.1) is 12.3 Å². The molecule has 0 aliphatic rings. The minimum Gasteiger partial charge on any atom is -0.491 e. The summed E-state index contributed by atoms with van der Waals surface area (Å²) < 4.78 is 5.57. The van der Waals surface area contributed by atoms with Crippen LogP contribution in [0.3, 0.4) is 0 Å². The number of thiocarbonyl (C=S) groups is 1. The van der Waals surface area contributed by atoms with Crippen molar-refractivity contribution in [3.8, 4) is 5.75 Å². The predicted octanol–water partition coefficient (Wildman–Crippen LogP) is 2.85. The fourth-order valence-electron chi connectivity index (χ4n) is 1.14. The van der Waals surface area contributed by atoms with Crippen LogP contribution in [0, 0.1) is 0 Å². The summed E-state index contributed by atoms with van der Waals surface area (Å²) in [6.07, 6.45) is 2.13. The number of unbranched alkanes of at least 4 members (excludes halogenated alkanes) is 1. The highest BCUT2D eigenvalue weighted by Gasteiger charge is 2.02. The van der Waals surface area contributed by atoms with E-state index in [-0.39, 0.29) is 5.11 Å². The SMILES string of the molecule is CCCCOc1ccccc1NC([NH])=S. The normalized spacial score (nSPS) is 9.67. The predicted molar refractivity (Wildman–Crippen MR) is 66.2 cm³/mol. The van der Waals surface area contributed by atoms with Gasteiger partial charge in [-0.05, 0) is 30.8 Å². The molecule has 0 aliphatic heterocycles. The molecule has 0 atom stereocenters. The summed E-state index contributed by atoms with van der Waals surface area (Å²) in [4.78, 5) is 0. The first-order chi connectivity index (χ1) is 7.24. The molecule has 81 valence electrons. The van der Waals surface area contributed by atoms with Gasteiger partial charge in [0.1, 0.15) is 5.75 Å². The molecule has 0 spiro atoms. The van der Waals surface area contributed by atoms with E-state index in [1.165, 1.54) is 0 Å². The van der Waals surface area contributed by atoms with E-state index in [2.05, 4.69) is 24.5 Å². The Balaban J connectivity index is 2.64. The summed E-state index contributed by atoms with van der Waals surface area (Å²) in [5, 5.41) is 2.77. The summed E-state index contributed by atoms with van der Waals surface area (Å²) in [5.74, 6) is 0.751. The lowest BCUT2D eigenvalue weighted by Crippen LogP contribution is -2.10. The first-order valence-corrected chi connectivity index (χ1v) is 5.39. The quantitative estimate of drug-likeness (QED) is 0.616. The van der Waals surface area contributed by atoms with Gasteiger partial charge in [0, 0.05) is 0 Å². The van der Waals surface area contributed by atoms with Gasteiger partial charge in [0.25, 0.3) is 0 Å². The second kappa shape index (κ2) is 6.24. The first-order valence-electron chi connectivity index (χ1n) is 4.98.